The highest BCUT2D eigenvalue weighted by atomic mass is 16.6. The molecule has 4 saturated carbocycles. The molecule has 0 bridgehead atoms. The lowest BCUT2D eigenvalue weighted by atomic mass is 9.45. The van der Waals surface area contributed by atoms with Crippen molar-refractivity contribution in [3.05, 3.63) is 0 Å². The molecule has 0 amide bonds. The molecule has 0 heterocycles. The van der Waals surface area contributed by atoms with Gasteiger partial charge in [-0.25, -0.2) is 0 Å². The van der Waals surface area contributed by atoms with Crippen LogP contribution in [0.25, 0.3) is 0 Å². The Morgan fingerprint density at radius 1 is 1.00 bits per heavy atom. The zero-order chi connectivity index (χ0) is 20.6. The lowest BCUT2D eigenvalue weighted by Crippen LogP contribution is -2.54. The highest BCUT2D eigenvalue weighted by Crippen LogP contribution is 2.67. The van der Waals surface area contributed by atoms with Gasteiger partial charge in [0.15, 0.2) is 0 Å². The third kappa shape index (κ3) is 4.01. The van der Waals surface area contributed by atoms with Crippen LogP contribution in [0, 0.1) is 40.4 Å². The highest BCUT2D eigenvalue weighted by molar-refractivity contribution is 5.62. The second-order valence-corrected chi connectivity index (χ2v) is 11.6. The Kier molecular flexibility index (Phi) is 6.33. The fourth-order valence-electron chi connectivity index (χ4n) is 8.14. The van der Waals surface area contributed by atoms with Gasteiger partial charge in [0.1, 0.15) is 6.61 Å². The Labute approximate surface area is 178 Å². The van der Waals surface area contributed by atoms with Crippen LogP contribution in [0.1, 0.15) is 78.1 Å². The molecule has 4 aliphatic rings. The summed E-state index contributed by atoms with van der Waals surface area (Å²) in [4.78, 5) is 7.78. The average molecular weight is 405 g/mol. The van der Waals surface area contributed by atoms with Crippen molar-refractivity contribution in [1.29, 1.82) is 0 Å². The fraction of sp³-hybridized carbons (Fsp3) is 0.960. The second-order valence-electron chi connectivity index (χ2n) is 11.6. The molecule has 4 fully saturated rings. The standard InChI is InChI=1S/C25H44N2O2/c1-24-12-10-20(28)16-18(24)6-8-21-22-9-7-19(25(22,2)13-11-23(21)24)17-26-29-15-5-14-27(3)4/h17-23,28H,5-16H2,1-4H3/b26-17+/t18?,19?,20?,21-,22-,23+,24-,25+/m0/s1. The molecule has 0 radical (unpaired) electrons. The number of hydrogen-bond acceptors (Lipinski definition) is 4. The molecule has 4 aliphatic carbocycles. The molecule has 0 aromatic rings. The van der Waals surface area contributed by atoms with Crippen molar-refractivity contribution in [3.8, 4) is 0 Å². The Morgan fingerprint density at radius 2 is 1.76 bits per heavy atom. The van der Waals surface area contributed by atoms with Crippen LogP contribution in [0.15, 0.2) is 5.16 Å². The smallest absolute Gasteiger partial charge is 0.118 e. The SMILES string of the molecule is CN(C)CCCO/N=C/C1CC[C@H]2[C@@H]3CCC4CC(O)CC[C@]4(C)[C@@H]3CC[C@]12C. The topological polar surface area (TPSA) is 45.1 Å². The van der Waals surface area contributed by atoms with Crippen LogP contribution < -0.4 is 0 Å². The molecule has 8 atom stereocenters. The first-order chi connectivity index (χ1) is 13.8. The summed E-state index contributed by atoms with van der Waals surface area (Å²) >= 11 is 0. The average Bonchev–Trinajstić information content (AvgIpc) is 3.01. The maximum atomic E-state index is 10.2. The summed E-state index contributed by atoms with van der Waals surface area (Å²) in [5.41, 5.74) is 0.889. The van der Waals surface area contributed by atoms with E-state index in [1.807, 2.05) is 0 Å². The van der Waals surface area contributed by atoms with E-state index in [1.54, 1.807) is 0 Å². The molecule has 4 rings (SSSR count). The summed E-state index contributed by atoms with van der Waals surface area (Å²) in [7, 11) is 4.20. The van der Waals surface area contributed by atoms with Crippen LogP contribution >= 0.6 is 0 Å². The molecule has 0 aromatic heterocycles. The first-order valence-corrected chi connectivity index (χ1v) is 12.3. The lowest BCUT2D eigenvalue weighted by molar-refractivity contribution is -0.123. The molecular weight excluding hydrogens is 360 g/mol. The number of rotatable bonds is 6. The van der Waals surface area contributed by atoms with Crippen molar-refractivity contribution in [1.82, 2.24) is 4.90 Å². The summed E-state index contributed by atoms with van der Waals surface area (Å²) in [5, 5.41) is 14.6. The number of nitrogens with zero attached hydrogens (tertiary/aromatic N) is 2. The third-order valence-electron chi connectivity index (χ3n) is 9.87. The van der Waals surface area contributed by atoms with E-state index >= 15 is 0 Å². The molecule has 1 N–H and O–H groups in total. The molecule has 0 spiro atoms. The maximum absolute atomic E-state index is 10.2. The summed E-state index contributed by atoms with van der Waals surface area (Å²) < 4.78 is 0. The quantitative estimate of drug-likeness (QED) is 0.387. The van der Waals surface area contributed by atoms with Gasteiger partial charge in [-0.05, 0) is 113 Å². The van der Waals surface area contributed by atoms with Crippen molar-refractivity contribution in [3.63, 3.8) is 0 Å². The van der Waals surface area contributed by atoms with Gasteiger partial charge in [0.2, 0.25) is 0 Å². The van der Waals surface area contributed by atoms with Gasteiger partial charge >= 0.3 is 0 Å². The minimum Gasteiger partial charge on any atom is -0.396 e. The molecule has 4 heteroatoms. The molecular formula is C25H44N2O2. The van der Waals surface area contributed by atoms with Crippen molar-refractivity contribution >= 4 is 6.21 Å². The molecule has 0 aromatic carbocycles. The van der Waals surface area contributed by atoms with Crippen LogP contribution in [0.4, 0.5) is 0 Å². The van der Waals surface area contributed by atoms with Gasteiger partial charge in [0.25, 0.3) is 0 Å². The number of aliphatic hydroxyl groups is 1. The zero-order valence-corrected chi connectivity index (χ0v) is 19.3. The van der Waals surface area contributed by atoms with E-state index in [2.05, 4.69) is 44.2 Å². The van der Waals surface area contributed by atoms with Gasteiger partial charge in [-0.3, -0.25) is 0 Å². The van der Waals surface area contributed by atoms with E-state index in [1.165, 1.54) is 44.9 Å². The van der Waals surface area contributed by atoms with Gasteiger partial charge in [-0.15, -0.1) is 0 Å². The first-order valence-electron chi connectivity index (χ1n) is 12.3. The van der Waals surface area contributed by atoms with Crippen molar-refractivity contribution in [2.45, 2.75) is 84.2 Å². The minimum atomic E-state index is -0.0386. The summed E-state index contributed by atoms with van der Waals surface area (Å²) in [6.45, 7) is 6.91. The first kappa shape index (κ1) is 21.6. The van der Waals surface area contributed by atoms with Crippen LogP contribution in [0.3, 0.4) is 0 Å². The van der Waals surface area contributed by atoms with Crippen LogP contribution in [-0.2, 0) is 4.84 Å². The lowest BCUT2D eigenvalue weighted by Gasteiger charge is -2.60. The van der Waals surface area contributed by atoms with E-state index in [0.29, 0.717) is 16.7 Å². The van der Waals surface area contributed by atoms with Gasteiger partial charge in [-0.2, -0.15) is 0 Å². The molecule has 4 nitrogen and oxygen atoms in total. The van der Waals surface area contributed by atoms with Crippen molar-refractivity contribution in [2.24, 2.45) is 45.6 Å². The monoisotopic (exact) mass is 404 g/mol. The summed E-state index contributed by atoms with van der Waals surface area (Å²) in [5.74, 6) is 3.97. The van der Waals surface area contributed by atoms with E-state index in [9.17, 15) is 5.11 Å². The number of fused-ring (bicyclic) bond motifs is 5. The van der Waals surface area contributed by atoms with Crippen LogP contribution in [0.5, 0.6) is 0 Å². The van der Waals surface area contributed by atoms with Crippen LogP contribution in [0.2, 0.25) is 0 Å². The Morgan fingerprint density at radius 3 is 2.55 bits per heavy atom. The maximum Gasteiger partial charge on any atom is 0.118 e. The fourth-order valence-corrected chi connectivity index (χ4v) is 8.14. The predicted octanol–water partition coefficient (Wildman–Crippen LogP) is 4.96. The third-order valence-corrected chi connectivity index (χ3v) is 9.87. The van der Waals surface area contributed by atoms with Crippen LogP contribution in [-0.4, -0.2) is 49.6 Å². The number of hydrogen-bond donors (Lipinski definition) is 1. The zero-order valence-electron chi connectivity index (χ0n) is 19.3. The van der Waals surface area contributed by atoms with Gasteiger partial charge in [-0.1, -0.05) is 19.0 Å². The normalized spacial score (nSPS) is 47.1. The van der Waals surface area contributed by atoms with E-state index in [-0.39, 0.29) is 6.10 Å². The van der Waals surface area contributed by atoms with Crippen molar-refractivity contribution < 1.29 is 9.94 Å². The molecule has 0 aliphatic heterocycles. The summed E-state index contributed by atoms with van der Waals surface area (Å²) in [6, 6.07) is 0. The highest BCUT2D eigenvalue weighted by Gasteiger charge is 2.59. The second kappa shape index (κ2) is 8.49. The van der Waals surface area contributed by atoms with Gasteiger partial charge in [0, 0.05) is 18.7 Å². The molecule has 0 saturated heterocycles. The largest absolute Gasteiger partial charge is 0.396 e. The Bertz CT molecular complexity index is 593. The summed E-state index contributed by atoms with van der Waals surface area (Å²) in [6.07, 6.45) is 14.6. The van der Waals surface area contributed by atoms with E-state index < -0.39 is 0 Å². The minimum absolute atomic E-state index is 0.0386. The van der Waals surface area contributed by atoms with Crippen molar-refractivity contribution in [2.75, 3.05) is 27.2 Å². The Balaban J connectivity index is 1.38. The molecule has 29 heavy (non-hydrogen) atoms. The predicted molar refractivity (Wildman–Crippen MR) is 119 cm³/mol. The molecule has 166 valence electrons. The van der Waals surface area contributed by atoms with Gasteiger partial charge < -0.3 is 14.8 Å². The number of aliphatic hydroxyl groups excluding tert-OH is 1. The Hall–Kier alpha value is -0.610. The van der Waals surface area contributed by atoms with E-state index in [4.69, 9.17) is 4.84 Å². The molecule has 3 unspecified atom stereocenters. The van der Waals surface area contributed by atoms with E-state index in [0.717, 1.165) is 56.1 Å². The van der Waals surface area contributed by atoms with Gasteiger partial charge in [0.05, 0.1) is 6.10 Å². The number of oxime groups is 1.